The molecule has 2 atom stereocenters. The van der Waals surface area contributed by atoms with Gasteiger partial charge < -0.3 is 9.64 Å². The average Bonchev–Trinajstić information content (AvgIpc) is 2.50. The number of nitrogens with zero attached hydrogens (tertiary/aromatic N) is 2. The van der Waals surface area contributed by atoms with Gasteiger partial charge in [0.15, 0.2) is 5.62 Å². The summed E-state index contributed by atoms with van der Waals surface area (Å²) in [7, 11) is 1.83. The van der Waals surface area contributed by atoms with E-state index in [0.717, 1.165) is 29.0 Å². The van der Waals surface area contributed by atoms with Crippen LogP contribution < -0.4 is 0 Å². The second-order valence-electron chi connectivity index (χ2n) is 5.30. The number of benzene rings is 1. The van der Waals surface area contributed by atoms with Gasteiger partial charge in [0, 0.05) is 30.5 Å². The van der Waals surface area contributed by atoms with Crippen LogP contribution in [0, 0.1) is 0 Å². The average molecular weight is 331 g/mol. The maximum absolute atomic E-state index is 12.7. The van der Waals surface area contributed by atoms with Gasteiger partial charge in [-0.25, -0.2) is 0 Å². The molecule has 0 spiro atoms. The highest BCUT2D eigenvalue weighted by Crippen LogP contribution is 2.37. The molecule has 0 radical (unpaired) electrons. The fraction of sp³-hybridized carbons (Fsp3) is 0.400. The maximum Gasteiger partial charge on any atom is 0.416 e. The summed E-state index contributed by atoms with van der Waals surface area (Å²) >= 11 is 6.13. The number of rotatable bonds is 1. The van der Waals surface area contributed by atoms with Gasteiger partial charge in [0.1, 0.15) is 0 Å². The van der Waals surface area contributed by atoms with Crippen molar-refractivity contribution in [1.29, 1.82) is 0 Å². The standard InChI is InChI=1S/C15H14ClF3N2O/c1-21-13-10(6-20-14(21)16)7-22-8-12(13)9-2-4-11(5-3-9)15(17,18)19/h2-6,12,14H,7-8H2,1H3. The predicted molar refractivity (Wildman–Crippen MR) is 77.9 cm³/mol. The molecule has 118 valence electrons. The Kier molecular flexibility index (Phi) is 3.91. The fourth-order valence-corrected chi connectivity index (χ4v) is 2.93. The van der Waals surface area contributed by atoms with E-state index in [2.05, 4.69) is 4.99 Å². The molecule has 1 aromatic carbocycles. The maximum atomic E-state index is 12.7. The zero-order valence-electron chi connectivity index (χ0n) is 11.8. The number of halogens is 4. The molecule has 0 bridgehead atoms. The number of likely N-dealkylation sites (N-methyl/N-ethyl adjacent to an activating group) is 1. The van der Waals surface area contributed by atoms with E-state index in [4.69, 9.17) is 16.3 Å². The van der Waals surface area contributed by atoms with Crippen LogP contribution in [0.4, 0.5) is 13.2 Å². The van der Waals surface area contributed by atoms with Crippen molar-refractivity contribution in [2.75, 3.05) is 20.3 Å². The van der Waals surface area contributed by atoms with Gasteiger partial charge in [-0.1, -0.05) is 23.7 Å². The van der Waals surface area contributed by atoms with Gasteiger partial charge in [-0.05, 0) is 17.7 Å². The molecule has 7 heteroatoms. The Bertz CT molecular complexity index is 625. The molecular weight excluding hydrogens is 317 g/mol. The molecule has 2 unspecified atom stereocenters. The van der Waals surface area contributed by atoms with Crippen molar-refractivity contribution in [2.45, 2.75) is 17.7 Å². The number of aliphatic imine (C=N–C) groups is 1. The van der Waals surface area contributed by atoms with E-state index in [1.807, 2.05) is 11.9 Å². The molecule has 0 amide bonds. The van der Waals surface area contributed by atoms with Gasteiger partial charge in [0.25, 0.3) is 0 Å². The highest BCUT2D eigenvalue weighted by Gasteiger charge is 2.33. The first kappa shape index (κ1) is 15.4. The van der Waals surface area contributed by atoms with Gasteiger partial charge in [-0.15, -0.1) is 0 Å². The van der Waals surface area contributed by atoms with E-state index >= 15 is 0 Å². The van der Waals surface area contributed by atoms with Crippen LogP contribution in [0.2, 0.25) is 0 Å². The lowest BCUT2D eigenvalue weighted by Crippen LogP contribution is -2.37. The molecule has 2 heterocycles. The Hall–Kier alpha value is -1.53. The minimum Gasteiger partial charge on any atom is -0.376 e. The summed E-state index contributed by atoms with van der Waals surface area (Å²) in [6.45, 7) is 0.843. The number of ether oxygens (including phenoxy) is 1. The fourth-order valence-electron chi connectivity index (χ4n) is 2.76. The van der Waals surface area contributed by atoms with Crippen LogP contribution in [-0.4, -0.2) is 37.0 Å². The molecule has 0 N–H and O–H groups in total. The normalized spacial score (nSPS) is 25.4. The van der Waals surface area contributed by atoms with E-state index in [9.17, 15) is 13.2 Å². The molecule has 0 aliphatic carbocycles. The number of alkyl halides is 4. The first-order chi connectivity index (χ1) is 10.4. The largest absolute Gasteiger partial charge is 0.416 e. The van der Waals surface area contributed by atoms with Crippen LogP contribution >= 0.6 is 11.6 Å². The predicted octanol–water partition coefficient (Wildman–Crippen LogP) is 3.61. The lowest BCUT2D eigenvalue weighted by Gasteiger charge is -2.38. The molecule has 0 aromatic heterocycles. The SMILES string of the molecule is CN1C2=C(C=NC1Cl)COCC2c1ccc(C(F)(F)F)cc1. The summed E-state index contributed by atoms with van der Waals surface area (Å²) in [6.07, 6.45) is -2.65. The van der Waals surface area contributed by atoms with E-state index in [1.54, 1.807) is 6.21 Å². The second kappa shape index (κ2) is 5.59. The molecule has 3 rings (SSSR count). The molecule has 3 nitrogen and oxygen atoms in total. The minimum absolute atomic E-state index is 0.149. The van der Waals surface area contributed by atoms with Gasteiger partial charge >= 0.3 is 6.18 Å². The molecule has 2 aliphatic heterocycles. The molecule has 0 saturated carbocycles. The summed E-state index contributed by atoms with van der Waals surface area (Å²) in [5.74, 6) is -0.149. The second-order valence-corrected chi connectivity index (χ2v) is 5.69. The molecule has 2 aliphatic rings. The van der Waals surface area contributed by atoms with E-state index in [1.165, 1.54) is 12.1 Å². The summed E-state index contributed by atoms with van der Waals surface area (Å²) in [6, 6.07) is 5.18. The van der Waals surface area contributed by atoms with E-state index in [0.29, 0.717) is 13.2 Å². The van der Waals surface area contributed by atoms with Crippen molar-refractivity contribution in [3.05, 3.63) is 46.7 Å². The molecule has 1 aromatic rings. The van der Waals surface area contributed by atoms with E-state index in [-0.39, 0.29) is 5.92 Å². The van der Waals surface area contributed by atoms with E-state index < -0.39 is 17.4 Å². The van der Waals surface area contributed by atoms with Crippen LogP contribution in [0.3, 0.4) is 0 Å². The van der Waals surface area contributed by atoms with Crippen LogP contribution in [0.25, 0.3) is 0 Å². The number of hydrogen-bond donors (Lipinski definition) is 0. The molecule has 22 heavy (non-hydrogen) atoms. The third kappa shape index (κ3) is 2.73. The highest BCUT2D eigenvalue weighted by molar-refractivity contribution is 6.21. The third-order valence-corrected chi connectivity index (χ3v) is 4.30. The smallest absolute Gasteiger partial charge is 0.376 e. The Morgan fingerprint density at radius 3 is 2.59 bits per heavy atom. The topological polar surface area (TPSA) is 24.8 Å². The van der Waals surface area contributed by atoms with Gasteiger partial charge in [-0.3, -0.25) is 4.99 Å². The van der Waals surface area contributed by atoms with Crippen molar-refractivity contribution >= 4 is 17.8 Å². The first-order valence-electron chi connectivity index (χ1n) is 6.76. The first-order valence-corrected chi connectivity index (χ1v) is 7.19. The third-order valence-electron chi connectivity index (χ3n) is 3.89. The van der Waals surface area contributed by atoms with Crippen LogP contribution in [0.15, 0.2) is 40.5 Å². The zero-order valence-corrected chi connectivity index (χ0v) is 12.5. The summed E-state index contributed by atoms with van der Waals surface area (Å²) in [5, 5.41) is 0. The van der Waals surface area contributed by atoms with Gasteiger partial charge in [0.2, 0.25) is 0 Å². The zero-order chi connectivity index (χ0) is 15.9. The van der Waals surface area contributed by atoms with Crippen molar-refractivity contribution in [3.63, 3.8) is 0 Å². The van der Waals surface area contributed by atoms with Crippen molar-refractivity contribution < 1.29 is 17.9 Å². The van der Waals surface area contributed by atoms with Crippen molar-refractivity contribution in [1.82, 2.24) is 4.90 Å². The quantitative estimate of drug-likeness (QED) is 0.580. The van der Waals surface area contributed by atoms with Crippen molar-refractivity contribution in [3.8, 4) is 0 Å². The minimum atomic E-state index is -4.33. The Labute approximate surface area is 131 Å². The van der Waals surface area contributed by atoms with Crippen LogP contribution in [-0.2, 0) is 10.9 Å². The lowest BCUT2D eigenvalue weighted by atomic mass is 9.90. The Morgan fingerprint density at radius 2 is 1.95 bits per heavy atom. The Morgan fingerprint density at radius 1 is 1.27 bits per heavy atom. The molecular formula is C15H14ClF3N2O. The monoisotopic (exact) mass is 330 g/mol. The van der Waals surface area contributed by atoms with Crippen LogP contribution in [0.1, 0.15) is 17.0 Å². The Balaban J connectivity index is 1.95. The number of hydrogen-bond acceptors (Lipinski definition) is 3. The summed E-state index contributed by atoms with van der Waals surface area (Å²) < 4.78 is 43.5. The molecule has 0 saturated heterocycles. The highest BCUT2D eigenvalue weighted by atomic mass is 35.5. The van der Waals surface area contributed by atoms with Gasteiger partial charge in [-0.2, -0.15) is 13.2 Å². The lowest BCUT2D eigenvalue weighted by molar-refractivity contribution is -0.137. The van der Waals surface area contributed by atoms with Crippen molar-refractivity contribution in [2.24, 2.45) is 4.99 Å². The molecule has 0 fully saturated rings. The van der Waals surface area contributed by atoms with Crippen LogP contribution in [0.5, 0.6) is 0 Å². The summed E-state index contributed by atoms with van der Waals surface area (Å²) in [4.78, 5) is 5.98. The van der Waals surface area contributed by atoms with Gasteiger partial charge in [0.05, 0.1) is 18.8 Å². The summed E-state index contributed by atoms with van der Waals surface area (Å²) in [5.41, 5.74) is 1.48.